The third-order valence-corrected chi connectivity index (χ3v) is 4.91. The number of hydrogen-bond donors (Lipinski definition) is 0. The van der Waals surface area contributed by atoms with Gasteiger partial charge in [0.05, 0.1) is 5.69 Å². The van der Waals surface area contributed by atoms with Gasteiger partial charge < -0.3 is 9.64 Å². The van der Waals surface area contributed by atoms with Crippen LogP contribution in [0.25, 0.3) is 0 Å². The van der Waals surface area contributed by atoms with E-state index in [-0.39, 0.29) is 12.5 Å². The standard InChI is InChI=1S/C18H27N3O2/c1-3-16-17(8-7-14(2)19-16)23-13-18(22)21-11-5-10-20-9-4-6-15(20)12-21/h7-8,15H,3-6,9-13H2,1-2H3/t15-/m0/s1. The van der Waals surface area contributed by atoms with Crippen LogP contribution in [-0.4, -0.2) is 59.5 Å². The number of rotatable bonds is 4. The summed E-state index contributed by atoms with van der Waals surface area (Å²) < 4.78 is 5.78. The van der Waals surface area contributed by atoms with Gasteiger partial charge in [0.25, 0.3) is 5.91 Å². The minimum atomic E-state index is 0.0985. The summed E-state index contributed by atoms with van der Waals surface area (Å²) in [7, 11) is 0. The highest BCUT2D eigenvalue weighted by atomic mass is 16.5. The third-order valence-electron chi connectivity index (χ3n) is 4.91. The second-order valence-corrected chi connectivity index (χ2v) is 6.57. The van der Waals surface area contributed by atoms with Crippen LogP contribution < -0.4 is 4.74 Å². The molecule has 2 fully saturated rings. The molecule has 1 aromatic rings. The number of aryl methyl sites for hydroxylation is 2. The molecule has 0 aromatic carbocycles. The molecule has 5 nitrogen and oxygen atoms in total. The van der Waals surface area contributed by atoms with Gasteiger partial charge >= 0.3 is 0 Å². The van der Waals surface area contributed by atoms with Gasteiger partial charge in [0.2, 0.25) is 0 Å². The molecule has 1 amide bonds. The van der Waals surface area contributed by atoms with Gasteiger partial charge in [-0.05, 0) is 51.3 Å². The van der Waals surface area contributed by atoms with Gasteiger partial charge in [0.1, 0.15) is 5.75 Å². The van der Waals surface area contributed by atoms with E-state index in [9.17, 15) is 4.79 Å². The maximum absolute atomic E-state index is 12.5. The quantitative estimate of drug-likeness (QED) is 0.852. The van der Waals surface area contributed by atoms with Crippen molar-refractivity contribution >= 4 is 5.91 Å². The normalized spacial score (nSPS) is 21.8. The summed E-state index contributed by atoms with van der Waals surface area (Å²) in [4.78, 5) is 21.5. The second kappa shape index (κ2) is 7.30. The van der Waals surface area contributed by atoms with Crippen LogP contribution in [0, 0.1) is 6.92 Å². The Labute approximate surface area is 138 Å². The number of carbonyl (C=O) groups excluding carboxylic acids is 1. The molecule has 2 aliphatic rings. The molecule has 0 bridgehead atoms. The monoisotopic (exact) mass is 317 g/mol. The number of hydrogen-bond acceptors (Lipinski definition) is 4. The van der Waals surface area contributed by atoms with Crippen molar-refractivity contribution in [3.8, 4) is 5.75 Å². The maximum Gasteiger partial charge on any atom is 0.260 e. The van der Waals surface area contributed by atoms with E-state index in [4.69, 9.17) is 4.74 Å². The fraction of sp³-hybridized carbons (Fsp3) is 0.667. The molecule has 0 N–H and O–H groups in total. The molecular weight excluding hydrogens is 290 g/mol. The Bertz CT molecular complexity index is 561. The smallest absolute Gasteiger partial charge is 0.260 e. The van der Waals surface area contributed by atoms with Crippen molar-refractivity contribution in [3.05, 3.63) is 23.5 Å². The average Bonchev–Trinajstić information content (AvgIpc) is 2.90. The number of carbonyl (C=O) groups is 1. The Morgan fingerprint density at radius 1 is 1.30 bits per heavy atom. The van der Waals surface area contributed by atoms with Crippen molar-refractivity contribution in [1.82, 2.24) is 14.8 Å². The fourth-order valence-electron chi connectivity index (χ4n) is 3.65. The average molecular weight is 317 g/mol. The number of nitrogens with zero attached hydrogens (tertiary/aromatic N) is 3. The van der Waals surface area contributed by atoms with Crippen molar-refractivity contribution in [2.75, 3.05) is 32.8 Å². The highest BCUT2D eigenvalue weighted by Gasteiger charge is 2.30. The number of amides is 1. The zero-order valence-corrected chi connectivity index (χ0v) is 14.3. The first-order valence-electron chi connectivity index (χ1n) is 8.78. The van der Waals surface area contributed by atoms with Crippen molar-refractivity contribution in [2.24, 2.45) is 0 Å². The van der Waals surface area contributed by atoms with Crippen molar-refractivity contribution in [2.45, 2.75) is 45.6 Å². The van der Waals surface area contributed by atoms with Gasteiger partial charge in [-0.2, -0.15) is 0 Å². The van der Waals surface area contributed by atoms with Gasteiger partial charge in [-0.15, -0.1) is 0 Å². The SMILES string of the molecule is CCc1nc(C)ccc1OCC(=O)N1CCCN2CCC[C@H]2C1. The van der Waals surface area contributed by atoms with E-state index in [0.717, 1.165) is 49.6 Å². The first kappa shape index (κ1) is 16.2. The summed E-state index contributed by atoms with van der Waals surface area (Å²) in [5.41, 5.74) is 1.91. The molecule has 0 spiro atoms. The maximum atomic E-state index is 12.5. The molecule has 0 unspecified atom stereocenters. The molecule has 2 aliphatic heterocycles. The Balaban J connectivity index is 1.58. The van der Waals surface area contributed by atoms with E-state index in [2.05, 4.69) is 16.8 Å². The molecular formula is C18H27N3O2. The van der Waals surface area contributed by atoms with Gasteiger partial charge in [0, 0.05) is 31.4 Å². The van der Waals surface area contributed by atoms with E-state index < -0.39 is 0 Å². The van der Waals surface area contributed by atoms with Gasteiger partial charge in [-0.3, -0.25) is 14.7 Å². The van der Waals surface area contributed by atoms with Crippen molar-refractivity contribution < 1.29 is 9.53 Å². The Morgan fingerprint density at radius 2 is 2.13 bits per heavy atom. The Kier molecular flexibility index (Phi) is 5.16. The molecule has 0 aliphatic carbocycles. The number of ether oxygens (including phenoxy) is 1. The first-order valence-corrected chi connectivity index (χ1v) is 8.78. The van der Waals surface area contributed by atoms with Crippen LogP contribution >= 0.6 is 0 Å². The van der Waals surface area contributed by atoms with Crippen LogP contribution in [0.5, 0.6) is 5.75 Å². The lowest BCUT2D eigenvalue weighted by Crippen LogP contribution is -2.41. The molecule has 3 rings (SSSR count). The lowest BCUT2D eigenvalue weighted by molar-refractivity contribution is -0.133. The summed E-state index contributed by atoms with van der Waals surface area (Å²) in [5, 5.41) is 0. The van der Waals surface area contributed by atoms with Crippen LogP contribution in [0.4, 0.5) is 0 Å². The topological polar surface area (TPSA) is 45.7 Å². The lowest BCUT2D eigenvalue weighted by Gasteiger charge is -2.25. The van der Waals surface area contributed by atoms with Crippen LogP contribution in [0.2, 0.25) is 0 Å². The molecule has 0 saturated carbocycles. The summed E-state index contributed by atoms with van der Waals surface area (Å²) in [6.45, 7) is 8.16. The number of fused-ring (bicyclic) bond motifs is 1. The highest BCUT2D eigenvalue weighted by Crippen LogP contribution is 2.22. The van der Waals surface area contributed by atoms with E-state index in [1.54, 1.807) is 0 Å². The molecule has 1 atom stereocenters. The largest absolute Gasteiger partial charge is 0.482 e. The summed E-state index contributed by atoms with van der Waals surface area (Å²) in [6.07, 6.45) is 4.35. The van der Waals surface area contributed by atoms with Crippen LogP contribution in [0.3, 0.4) is 0 Å². The number of pyridine rings is 1. The Morgan fingerprint density at radius 3 is 2.96 bits per heavy atom. The van der Waals surface area contributed by atoms with E-state index in [1.165, 1.54) is 19.4 Å². The number of aromatic nitrogens is 1. The zero-order chi connectivity index (χ0) is 16.2. The molecule has 1 aromatic heterocycles. The van der Waals surface area contributed by atoms with Crippen LogP contribution in [0.1, 0.15) is 37.6 Å². The van der Waals surface area contributed by atoms with E-state index in [0.29, 0.717) is 6.04 Å². The van der Waals surface area contributed by atoms with E-state index in [1.807, 2.05) is 24.0 Å². The summed E-state index contributed by atoms with van der Waals surface area (Å²) >= 11 is 0. The summed E-state index contributed by atoms with van der Waals surface area (Å²) in [5.74, 6) is 0.838. The highest BCUT2D eigenvalue weighted by molar-refractivity contribution is 5.77. The predicted molar refractivity (Wildman–Crippen MR) is 89.6 cm³/mol. The second-order valence-electron chi connectivity index (χ2n) is 6.57. The fourth-order valence-corrected chi connectivity index (χ4v) is 3.65. The minimum absolute atomic E-state index is 0.0985. The minimum Gasteiger partial charge on any atom is -0.482 e. The predicted octanol–water partition coefficient (Wildman–Crippen LogP) is 2.03. The zero-order valence-electron chi connectivity index (χ0n) is 14.3. The van der Waals surface area contributed by atoms with Crippen LogP contribution in [0.15, 0.2) is 12.1 Å². The van der Waals surface area contributed by atoms with Crippen molar-refractivity contribution in [1.29, 1.82) is 0 Å². The molecule has 3 heterocycles. The van der Waals surface area contributed by atoms with Gasteiger partial charge in [0.15, 0.2) is 6.61 Å². The Hall–Kier alpha value is -1.62. The summed E-state index contributed by atoms with van der Waals surface area (Å²) in [6, 6.07) is 4.41. The van der Waals surface area contributed by atoms with Gasteiger partial charge in [-0.1, -0.05) is 6.92 Å². The van der Waals surface area contributed by atoms with E-state index >= 15 is 0 Å². The molecule has 0 radical (unpaired) electrons. The van der Waals surface area contributed by atoms with Crippen LogP contribution in [-0.2, 0) is 11.2 Å². The molecule has 5 heteroatoms. The lowest BCUT2D eigenvalue weighted by atomic mass is 10.2. The first-order chi connectivity index (χ1) is 11.2. The third kappa shape index (κ3) is 3.83. The molecule has 2 saturated heterocycles. The molecule has 23 heavy (non-hydrogen) atoms. The van der Waals surface area contributed by atoms with Gasteiger partial charge in [-0.25, -0.2) is 0 Å². The molecule has 126 valence electrons. The van der Waals surface area contributed by atoms with Crippen molar-refractivity contribution in [3.63, 3.8) is 0 Å².